The van der Waals surface area contributed by atoms with Gasteiger partial charge < -0.3 is 42.3 Å². The molecule has 0 unspecified atom stereocenters. The summed E-state index contributed by atoms with van der Waals surface area (Å²) in [5, 5.41) is 26.4. The second-order valence-electron chi connectivity index (χ2n) is 14.3. The first-order valence-electron chi connectivity index (χ1n) is 19.3. The maximum Gasteiger partial charge on any atom is 0.451 e. The van der Waals surface area contributed by atoms with E-state index in [-0.39, 0.29) is 61.1 Å². The number of benzene rings is 1. The van der Waals surface area contributed by atoms with Crippen molar-refractivity contribution in [2.75, 3.05) is 42.5 Å². The minimum Gasteiger partial charge on any atom is -0.480 e. The van der Waals surface area contributed by atoms with Crippen LogP contribution in [0.4, 0.5) is 24.8 Å². The van der Waals surface area contributed by atoms with E-state index in [1.54, 1.807) is 28.9 Å². The molecule has 57 heavy (non-hydrogen) atoms. The average Bonchev–Trinajstić information content (AvgIpc) is 3.68. The van der Waals surface area contributed by atoms with Gasteiger partial charge in [0.2, 0.25) is 23.5 Å². The predicted octanol–water partition coefficient (Wildman–Crippen LogP) is 2.60. The second kappa shape index (κ2) is 21.0. The molecular weight excluding hydrogens is 747 g/mol. The predicted molar refractivity (Wildman–Crippen MR) is 206 cm³/mol. The van der Waals surface area contributed by atoms with Crippen molar-refractivity contribution in [2.45, 2.75) is 102 Å². The number of guanidine groups is 1. The Labute approximate surface area is 329 Å². The fraction of sp³-hybridized carbons (Fsp3) is 0.579. The van der Waals surface area contributed by atoms with E-state index in [4.69, 9.17) is 16.7 Å². The Bertz CT molecular complexity index is 1760. The third kappa shape index (κ3) is 13.5. The van der Waals surface area contributed by atoms with E-state index >= 15 is 0 Å². The number of hydrogen-bond donors (Lipinski definition) is 6. The number of halogens is 3. The Balaban J connectivity index is 1.31. The quantitative estimate of drug-likeness (QED) is 0.0683. The van der Waals surface area contributed by atoms with Gasteiger partial charge in [-0.15, -0.1) is 0 Å². The number of carboxylic acids is 1. The number of amides is 3. The summed E-state index contributed by atoms with van der Waals surface area (Å²) < 4.78 is 42.2. The fourth-order valence-corrected chi connectivity index (χ4v) is 7.02. The van der Waals surface area contributed by atoms with E-state index in [0.717, 1.165) is 5.56 Å². The molecule has 2 aromatic rings. The van der Waals surface area contributed by atoms with Crippen LogP contribution < -0.4 is 37.2 Å². The van der Waals surface area contributed by atoms with Gasteiger partial charge in [0.15, 0.2) is 5.96 Å². The average molecular weight is 800 g/mol. The summed E-state index contributed by atoms with van der Waals surface area (Å²) in [6.45, 7) is 3.40. The molecule has 3 atom stereocenters. The number of carboxylic acid groups (broad SMARTS) is 1. The number of nitrogens with two attached hydrogens (primary N) is 2. The highest BCUT2D eigenvalue weighted by Gasteiger charge is 2.39. The number of anilines is 2. The van der Waals surface area contributed by atoms with E-state index < -0.39 is 42.0 Å². The lowest BCUT2D eigenvalue weighted by Gasteiger charge is -2.34. The summed E-state index contributed by atoms with van der Waals surface area (Å²) in [5.41, 5.74) is 12.2. The Hall–Kier alpha value is -5.67. The molecule has 310 valence electrons. The van der Waals surface area contributed by atoms with Crippen LogP contribution in [0.15, 0.2) is 35.3 Å². The van der Waals surface area contributed by atoms with Crippen molar-refractivity contribution in [1.29, 1.82) is 5.26 Å². The Morgan fingerprint density at radius 3 is 2.35 bits per heavy atom. The zero-order valence-corrected chi connectivity index (χ0v) is 32.1. The van der Waals surface area contributed by atoms with Crippen LogP contribution in [0.2, 0.25) is 0 Å². The second-order valence-corrected chi connectivity index (χ2v) is 14.3. The molecule has 0 aliphatic carbocycles. The molecule has 1 aromatic heterocycles. The molecule has 0 radical (unpaired) electrons. The topological polar surface area (TPSA) is 245 Å². The zero-order chi connectivity index (χ0) is 41.5. The summed E-state index contributed by atoms with van der Waals surface area (Å²) in [4.78, 5) is 65.5. The number of aliphatic imine (C=N–C) groups is 1. The molecule has 2 fully saturated rings. The van der Waals surface area contributed by atoms with Crippen LogP contribution in [-0.2, 0) is 31.8 Å². The number of nitrogens with zero attached hydrogens (tertiary/aromatic N) is 6. The summed E-state index contributed by atoms with van der Waals surface area (Å²) >= 11 is 0. The zero-order valence-electron chi connectivity index (χ0n) is 32.1. The number of alkyl halides is 3. The number of hydrogen-bond acceptors (Lipinski definition) is 10. The smallest absolute Gasteiger partial charge is 0.451 e. The van der Waals surface area contributed by atoms with Crippen molar-refractivity contribution < 1.29 is 37.5 Å². The van der Waals surface area contributed by atoms with Crippen molar-refractivity contribution in [2.24, 2.45) is 22.4 Å². The minimum absolute atomic E-state index is 0.0432. The Morgan fingerprint density at radius 1 is 1.02 bits per heavy atom. The van der Waals surface area contributed by atoms with Gasteiger partial charge in [-0.25, -0.2) is 14.8 Å². The molecule has 8 N–H and O–H groups in total. The normalized spacial score (nSPS) is 16.9. The van der Waals surface area contributed by atoms with Gasteiger partial charge in [0, 0.05) is 45.2 Å². The molecule has 19 heteroatoms. The molecule has 1 aromatic carbocycles. The lowest BCUT2D eigenvalue weighted by Crippen LogP contribution is -2.51. The van der Waals surface area contributed by atoms with E-state index in [9.17, 15) is 37.5 Å². The first-order valence-corrected chi connectivity index (χ1v) is 19.3. The third-order valence-electron chi connectivity index (χ3n) is 10.2. The number of carbonyl (C=O) groups excluding carboxylic acids is 3. The first kappa shape index (κ1) is 44.0. The number of rotatable bonds is 19. The van der Waals surface area contributed by atoms with E-state index in [2.05, 4.69) is 37.0 Å². The van der Waals surface area contributed by atoms with Crippen molar-refractivity contribution in [3.05, 3.63) is 47.3 Å². The van der Waals surface area contributed by atoms with E-state index in [0.29, 0.717) is 83.1 Å². The van der Waals surface area contributed by atoms with Gasteiger partial charge in [-0.05, 0) is 87.8 Å². The summed E-state index contributed by atoms with van der Waals surface area (Å²) in [7, 11) is 0. The van der Waals surface area contributed by atoms with Crippen LogP contribution in [0.5, 0.6) is 0 Å². The minimum atomic E-state index is -4.80. The highest BCUT2D eigenvalue weighted by molar-refractivity contribution is 5.90. The summed E-state index contributed by atoms with van der Waals surface area (Å²) in [5.74, 6) is -3.47. The van der Waals surface area contributed by atoms with Crippen molar-refractivity contribution in [1.82, 2.24) is 25.9 Å². The number of piperidine rings is 1. The molecular formula is C38H52F3N11O5. The van der Waals surface area contributed by atoms with Gasteiger partial charge in [-0.1, -0.05) is 19.1 Å². The fourth-order valence-electron chi connectivity index (χ4n) is 7.02. The third-order valence-corrected chi connectivity index (χ3v) is 10.2. The molecule has 0 bridgehead atoms. The van der Waals surface area contributed by atoms with Gasteiger partial charge in [0.25, 0.3) is 0 Å². The molecule has 0 spiro atoms. The SMILES string of the molecule is CC[C@@H](NC(=O)[C@@H](CCCN=C(N)N)NC(=O)CCCC1CCN(c2cc(N3CCC[C@H]3C(=O)NCCc3ccc(C#N)cc3)nc(C(F)(F)F)n2)CC1)C(=O)O. The lowest BCUT2D eigenvalue weighted by molar-refractivity contribution is -0.145. The molecule has 2 aliphatic heterocycles. The molecule has 3 heterocycles. The van der Waals surface area contributed by atoms with Gasteiger partial charge in [-0.2, -0.15) is 18.4 Å². The molecule has 3 amide bonds. The van der Waals surface area contributed by atoms with E-state index in [1.807, 2.05) is 12.1 Å². The van der Waals surface area contributed by atoms with Crippen molar-refractivity contribution in [3.63, 3.8) is 0 Å². The number of nitriles is 1. The number of aliphatic carboxylic acids is 1. The van der Waals surface area contributed by atoms with Gasteiger partial charge in [0.1, 0.15) is 29.8 Å². The van der Waals surface area contributed by atoms with Crippen LogP contribution in [0.25, 0.3) is 0 Å². The van der Waals surface area contributed by atoms with Crippen LogP contribution in [-0.4, -0.2) is 95.6 Å². The van der Waals surface area contributed by atoms with Crippen LogP contribution >= 0.6 is 0 Å². The number of carbonyl (C=O) groups is 4. The van der Waals surface area contributed by atoms with Crippen LogP contribution in [0.3, 0.4) is 0 Å². The van der Waals surface area contributed by atoms with Gasteiger partial charge >= 0.3 is 12.1 Å². The largest absolute Gasteiger partial charge is 0.480 e. The molecule has 2 saturated heterocycles. The van der Waals surface area contributed by atoms with Crippen LogP contribution in [0.1, 0.15) is 88.1 Å². The standard InChI is InChI=1S/C38H52F3N11O5/c1-2-27(35(56)57)48-33(54)28(7-4-17-46-37(43)44)47-32(53)9-3-6-24-15-20-51(21-16-24)30-22-31(50-36(49-30)38(39,40)41)52-19-5-8-29(52)34(55)45-18-14-25-10-12-26(23-42)13-11-25/h10-13,22,24,27-29H,2-9,14-21H2,1H3,(H,45,55)(H,47,53)(H,48,54)(H,56,57)(H4,43,44,46)/t27-,28-,29+/m1/s1. The molecule has 4 rings (SSSR count). The Morgan fingerprint density at radius 2 is 1.72 bits per heavy atom. The van der Waals surface area contributed by atoms with Crippen molar-refractivity contribution >= 4 is 41.3 Å². The highest BCUT2D eigenvalue weighted by atomic mass is 19.4. The molecule has 2 aliphatic rings. The maximum absolute atomic E-state index is 14.1. The van der Waals surface area contributed by atoms with Crippen molar-refractivity contribution in [3.8, 4) is 6.07 Å². The summed E-state index contributed by atoms with van der Waals surface area (Å²) in [6, 6.07) is 7.83. The highest BCUT2D eigenvalue weighted by Crippen LogP contribution is 2.34. The summed E-state index contributed by atoms with van der Waals surface area (Å²) in [6.07, 6.45) is 0.131. The molecule has 16 nitrogen and oxygen atoms in total. The van der Waals surface area contributed by atoms with Gasteiger partial charge in [-0.3, -0.25) is 19.4 Å². The van der Waals surface area contributed by atoms with Crippen LogP contribution in [0, 0.1) is 17.2 Å². The Kier molecular flexibility index (Phi) is 16.2. The maximum atomic E-state index is 14.1. The number of nitrogens with one attached hydrogen (secondary N) is 3. The molecule has 0 saturated carbocycles. The van der Waals surface area contributed by atoms with E-state index in [1.165, 1.54) is 6.07 Å². The van der Waals surface area contributed by atoms with Gasteiger partial charge in [0.05, 0.1) is 11.6 Å². The monoisotopic (exact) mass is 799 g/mol. The first-order chi connectivity index (χ1) is 27.2. The lowest BCUT2D eigenvalue weighted by atomic mass is 9.91. The number of aromatic nitrogens is 2.